The summed E-state index contributed by atoms with van der Waals surface area (Å²) in [6, 6.07) is 4.22. The minimum absolute atomic E-state index is 0. The number of aliphatic imine (C=N–C) groups is 1. The average molecular weight is 435 g/mol. The molecule has 0 aliphatic heterocycles. The average Bonchev–Trinajstić information content (AvgIpc) is 2.42. The molecular weight excluding hydrogens is 417 g/mol. The van der Waals surface area contributed by atoms with Crippen LogP contribution >= 0.6 is 24.0 Å². The van der Waals surface area contributed by atoms with Crippen molar-refractivity contribution in [2.45, 2.75) is 25.7 Å². The fourth-order valence-electron chi connectivity index (χ4n) is 1.59. The van der Waals surface area contributed by atoms with Crippen molar-refractivity contribution < 1.29 is 22.7 Å². The van der Waals surface area contributed by atoms with Gasteiger partial charge in [0.25, 0.3) is 0 Å². The fourth-order valence-corrected chi connectivity index (χ4v) is 1.59. The number of nitrogens with zero attached hydrogens (tertiary/aromatic N) is 1. The molecule has 0 amide bonds. The van der Waals surface area contributed by atoms with Crippen LogP contribution in [0.25, 0.3) is 0 Å². The maximum Gasteiger partial charge on any atom is 0.390 e. The van der Waals surface area contributed by atoms with Gasteiger partial charge in [-0.25, -0.2) is 4.39 Å². The van der Waals surface area contributed by atoms with Gasteiger partial charge in [0.1, 0.15) is 5.82 Å². The molecule has 1 rings (SSSR count). The lowest BCUT2D eigenvalue weighted by atomic mass is 10.1. The van der Waals surface area contributed by atoms with E-state index in [0.717, 1.165) is 0 Å². The minimum atomic E-state index is -4.22. The molecule has 0 aromatic heterocycles. The lowest BCUT2D eigenvalue weighted by molar-refractivity contribution is -0.132. The van der Waals surface area contributed by atoms with Gasteiger partial charge in [-0.05, 0) is 17.7 Å². The van der Waals surface area contributed by atoms with Crippen molar-refractivity contribution in [1.29, 1.82) is 0 Å². The fraction of sp³-hybridized carbons (Fsp3) is 0.462. The number of nitrogens with one attached hydrogen (secondary N) is 2. The lowest BCUT2D eigenvalue weighted by Crippen LogP contribution is -2.38. The lowest BCUT2D eigenvalue weighted by Gasteiger charge is -2.13. The van der Waals surface area contributed by atoms with E-state index in [1.165, 1.54) is 25.2 Å². The van der Waals surface area contributed by atoms with E-state index in [2.05, 4.69) is 15.6 Å². The zero-order chi connectivity index (χ0) is 15.9. The van der Waals surface area contributed by atoms with Crippen molar-refractivity contribution in [3.05, 3.63) is 35.1 Å². The molecule has 4 nitrogen and oxygen atoms in total. The predicted molar refractivity (Wildman–Crippen MR) is 86.6 cm³/mol. The number of halogens is 5. The largest absolute Gasteiger partial charge is 0.392 e. The topological polar surface area (TPSA) is 56.7 Å². The van der Waals surface area contributed by atoms with Crippen LogP contribution in [0, 0.1) is 5.82 Å². The van der Waals surface area contributed by atoms with Crippen molar-refractivity contribution in [1.82, 2.24) is 10.6 Å². The summed E-state index contributed by atoms with van der Waals surface area (Å²) >= 11 is 0. The Labute approximate surface area is 143 Å². The molecule has 126 valence electrons. The summed E-state index contributed by atoms with van der Waals surface area (Å²) in [5.74, 6) is -0.289. The van der Waals surface area contributed by atoms with Crippen LogP contribution in [0.1, 0.15) is 17.5 Å². The first kappa shape index (κ1) is 20.9. The van der Waals surface area contributed by atoms with Crippen LogP contribution in [0.5, 0.6) is 0 Å². The number of alkyl halides is 3. The van der Waals surface area contributed by atoms with E-state index < -0.39 is 25.0 Å². The Morgan fingerprint density at radius 3 is 2.50 bits per heavy atom. The molecule has 22 heavy (non-hydrogen) atoms. The van der Waals surface area contributed by atoms with E-state index in [1.807, 2.05) is 0 Å². The Morgan fingerprint density at radius 1 is 1.27 bits per heavy atom. The molecule has 0 bridgehead atoms. The molecule has 0 aliphatic carbocycles. The first-order valence-electron chi connectivity index (χ1n) is 6.25. The standard InChI is InChI=1S/C13H17F4N3O.HI/c1-18-12(19-5-4-13(15,16)17)20-7-9-2-3-11(14)10(6-9)8-21;/h2-3,6,21H,4-5,7-8H2,1H3,(H2,18,19,20);1H. The smallest absolute Gasteiger partial charge is 0.390 e. The number of guanidine groups is 1. The summed E-state index contributed by atoms with van der Waals surface area (Å²) in [4.78, 5) is 3.79. The SMILES string of the molecule is CN=C(NCCC(F)(F)F)NCc1ccc(F)c(CO)c1.I. The van der Waals surface area contributed by atoms with E-state index in [0.29, 0.717) is 5.56 Å². The molecule has 0 saturated carbocycles. The highest BCUT2D eigenvalue weighted by atomic mass is 127. The molecule has 9 heteroatoms. The van der Waals surface area contributed by atoms with Crippen LogP contribution in [0.2, 0.25) is 0 Å². The van der Waals surface area contributed by atoms with Gasteiger partial charge in [-0.1, -0.05) is 6.07 Å². The Bertz CT molecular complexity index is 495. The number of hydrogen-bond donors (Lipinski definition) is 3. The third-order valence-electron chi connectivity index (χ3n) is 2.66. The molecule has 0 radical (unpaired) electrons. The quantitative estimate of drug-likeness (QED) is 0.289. The molecule has 0 fully saturated rings. The summed E-state index contributed by atoms with van der Waals surface area (Å²) in [6.45, 7) is -0.453. The normalized spacial score (nSPS) is 11.8. The second-order valence-electron chi connectivity index (χ2n) is 4.30. The van der Waals surface area contributed by atoms with Gasteiger partial charge in [0.05, 0.1) is 13.0 Å². The third kappa shape index (κ3) is 7.78. The van der Waals surface area contributed by atoms with Crippen molar-refractivity contribution in [3.63, 3.8) is 0 Å². The minimum Gasteiger partial charge on any atom is -0.392 e. The number of rotatable bonds is 5. The Balaban J connectivity index is 0.00000441. The second-order valence-corrected chi connectivity index (χ2v) is 4.30. The van der Waals surface area contributed by atoms with Gasteiger partial charge in [0.15, 0.2) is 5.96 Å². The van der Waals surface area contributed by atoms with Gasteiger partial charge in [-0.3, -0.25) is 4.99 Å². The van der Waals surface area contributed by atoms with E-state index in [9.17, 15) is 17.6 Å². The molecule has 0 heterocycles. The maximum absolute atomic E-state index is 13.2. The van der Waals surface area contributed by atoms with Crippen molar-refractivity contribution >= 4 is 29.9 Å². The Kier molecular flexibility index (Phi) is 9.33. The zero-order valence-electron chi connectivity index (χ0n) is 11.9. The van der Waals surface area contributed by atoms with Crippen LogP contribution < -0.4 is 10.6 Å². The van der Waals surface area contributed by atoms with Gasteiger partial charge in [-0.15, -0.1) is 24.0 Å². The molecule has 0 aliphatic rings. The van der Waals surface area contributed by atoms with Gasteiger partial charge in [-0.2, -0.15) is 13.2 Å². The van der Waals surface area contributed by atoms with Gasteiger partial charge >= 0.3 is 6.18 Å². The number of hydrogen-bond acceptors (Lipinski definition) is 2. The van der Waals surface area contributed by atoms with Crippen LogP contribution in [-0.2, 0) is 13.2 Å². The highest BCUT2D eigenvalue weighted by Gasteiger charge is 2.26. The number of aliphatic hydroxyl groups is 1. The zero-order valence-corrected chi connectivity index (χ0v) is 14.2. The van der Waals surface area contributed by atoms with Crippen LogP contribution in [0.3, 0.4) is 0 Å². The van der Waals surface area contributed by atoms with Crippen molar-refractivity contribution in [3.8, 4) is 0 Å². The van der Waals surface area contributed by atoms with Crippen LogP contribution in [0.15, 0.2) is 23.2 Å². The maximum atomic E-state index is 13.2. The number of benzene rings is 1. The summed E-state index contributed by atoms with van der Waals surface area (Å²) in [5.41, 5.74) is 0.841. The molecule has 0 spiro atoms. The second kappa shape index (κ2) is 9.82. The van der Waals surface area contributed by atoms with Crippen molar-refractivity contribution in [2.75, 3.05) is 13.6 Å². The predicted octanol–water partition coefficient (Wildman–Crippen LogP) is 2.55. The summed E-state index contributed by atoms with van der Waals surface area (Å²) in [7, 11) is 1.44. The van der Waals surface area contributed by atoms with E-state index >= 15 is 0 Å². The molecule has 3 N–H and O–H groups in total. The first-order chi connectivity index (χ1) is 9.85. The molecule has 1 aromatic rings. The van der Waals surface area contributed by atoms with Crippen molar-refractivity contribution in [2.24, 2.45) is 4.99 Å². The summed E-state index contributed by atoms with van der Waals surface area (Å²) < 4.78 is 49.3. The van der Waals surface area contributed by atoms with Gasteiger partial charge < -0.3 is 15.7 Å². The summed E-state index contributed by atoms with van der Waals surface area (Å²) in [5, 5.41) is 14.3. The first-order valence-corrected chi connectivity index (χ1v) is 6.25. The van der Waals surface area contributed by atoms with Gasteiger partial charge in [0.2, 0.25) is 0 Å². The van der Waals surface area contributed by atoms with Crippen LogP contribution in [0.4, 0.5) is 17.6 Å². The Hall–Kier alpha value is -1.10. The van der Waals surface area contributed by atoms with Crippen LogP contribution in [-0.4, -0.2) is 30.8 Å². The highest BCUT2D eigenvalue weighted by Crippen LogP contribution is 2.18. The third-order valence-corrected chi connectivity index (χ3v) is 2.66. The number of aliphatic hydroxyl groups excluding tert-OH is 1. The summed E-state index contributed by atoms with van der Waals surface area (Å²) in [6.07, 6.45) is -5.18. The van der Waals surface area contributed by atoms with E-state index in [-0.39, 0.29) is 48.6 Å². The highest BCUT2D eigenvalue weighted by molar-refractivity contribution is 14.0. The Morgan fingerprint density at radius 2 is 1.95 bits per heavy atom. The molecule has 0 atom stereocenters. The van der Waals surface area contributed by atoms with E-state index in [4.69, 9.17) is 5.11 Å². The molecule has 0 unspecified atom stereocenters. The molecular formula is C13H18F4IN3O. The molecule has 1 aromatic carbocycles. The monoisotopic (exact) mass is 435 g/mol. The van der Waals surface area contributed by atoms with Gasteiger partial charge in [0, 0.05) is 25.7 Å². The molecule has 0 saturated heterocycles. The van der Waals surface area contributed by atoms with E-state index in [1.54, 1.807) is 0 Å².